The van der Waals surface area contributed by atoms with Crippen molar-refractivity contribution < 1.29 is 0 Å². The van der Waals surface area contributed by atoms with E-state index in [-0.39, 0.29) is 0 Å². The quantitative estimate of drug-likeness (QED) is 0.352. The van der Waals surface area contributed by atoms with Crippen LogP contribution in [0, 0.1) is 0 Å². The maximum Gasteiger partial charge on any atom is 0.0260 e. The Balaban J connectivity index is 2.14. The SMILES string of the molecule is Brc1ccc2cc3ccccc3cc2c1-c1ccccc1. The highest BCUT2D eigenvalue weighted by molar-refractivity contribution is 9.10. The van der Waals surface area contributed by atoms with Crippen LogP contribution in [0.5, 0.6) is 0 Å². The second-order valence-corrected chi connectivity index (χ2v) is 6.06. The average Bonchev–Trinajstić information content (AvgIpc) is 2.54. The van der Waals surface area contributed by atoms with Gasteiger partial charge < -0.3 is 0 Å². The summed E-state index contributed by atoms with van der Waals surface area (Å²) in [7, 11) is 0. The molecule has 1 heteroatoms. The molecule has 4 rings (SSSR count). The summed E-state index contributed by atoms with van der Waals surface area (Å²) in [4.78, 5) is 0. The molecule has 0 radical (unpaired) electrons. The van der Waals surface area contributed by atoms with Gasteiger partial charge in [0.2, 0.25) is 0 Å². The normalized spacial score (nSPS) is 11.1. The summed E-state index contributed by atoms with van der Waals surface area (Å²) in [6, 6.07) is 27.9. The van der Waals surface area contributed by atoms with Crippen LogP contribution >= 0.6 is 15.9 Å². The summed E-state index contributed by atoms with van der Waals surface area (Å²) in [6.45, 7) is 0. The molecule has 0 spiro atoms. The smallest absolute Gasteiger partial charge is 0.0260 e. The third kappa shape index (κ3) is 2.14. The van der Waals surface area contributed by atoms with Crippen LogP contribution in [0.2, 0.25) is 0 Å². The van der Waals surface area contributed by atoms with E-state index in [4.69, 9.17) is 0 Å². The lowest BCUT2D eigenvalue weighted by Gasteiger charge is -2.11. The van der Waals surface area contributed by atoms with Crippen molar-refractivity contribution in [3.05, 3.63) is 83.3 Å². The lowest BCUT2D eigenvalue weighted by atomic mass is 9.96. The zero-order valence-electron chi connectivity index (χ0n) is 11.4. The van der Waals surface area contributed by atoms with Crippen LogP contribution in [-0.4, -0.2) is 0 Å². The number of halogens is 1. The molecule has 0 aromatic heterocycles. The van der Waals surface area contributed by atoms with Crippen molar-refractivity contribution in [2.75, 3.05) is 0 Å². The lowest BCUT2D eigenvalue weighted by molar-refractivity contribution is 1.63. The van der Waals surface area contributed by atoms with Gasteiger partial charge in [-0.1, -0.05) is 76.6 Å². The molecule has 0 unspecified atom stereocenters. The summed E-state index contributed by atoms with van der Waals surface area (Å²) in [6.07, 6.45) is 0. The first-order chi connectivity index (χ1) is 10.3. The molecular formula is C20H13Br. The van der Waals surface area contributed by atoms with Crippen molar-refractivity contribution in [3.63, 3.8) is 0 Å². The average molecular weight is 333 g/mol. The Morgan fingerprint density at radius 1 is 0.571 bits per heavy atom. The molecule has 0 fully saturated rings. The van der Waals surface area contributed by atoms with Crippen LogP contribution in [0.3, 0.4) is 0 Å². The van der Waals surface area contributed by atoms with Crippen LogP contribution in [0.15, 0.2) is 83.3 Å². The van der Waals surface area contributed by atoms with E-state index in [0.717, 1.165) is 4.47 Å². The number of benzene rings is 4. The monoisotopic (exact) mass is 332 g/mol. The minimum atomic E-state index is 1.14. The van der Waals surface area contributed by atoms with Crippen molar-refractivity contribution in [3.8, 4) is 11.1 Å². The third-order valence-electron chi connectivity index (χ3n) is 3.90. The molecule has 0 atom stereocenters. The number of hydrogen-bond acceptors (Lipinski definition) is 0. The molecule has 4 aromatic carbocycles. The summed E-state index contributed by atoms with van der Waals surface area (Å²) in [5.41, 5.74) is 2.50. The van der Waals surface area contributed by atoms with E-state index >= 15 is 0 Å². The van der Waals surface area contributed by atoms with Gasteiger partial charge in [-0.15, -0.1) is 0 Å². The first-order valence-corrected chi connectivity index (χ1v) is 7.79. The van der Waals surface area contributed by atoms with E-state index < -0.39 is 0 Å². The Hall–Kier alpha value is -2.12. The Morgan fingerprint density at radius 2 is 1.24 bits per heavy atom. The molecule has 0 heterocycles. The fraction of sp³-hybridized carbons (Fsp3) is 0. The maximum absolute atomic E-state index is 3.72. The molecule has 100 valence electrons. The fourth-order valence-electron chi connectivity index (χ4n) is 2.89. The molecule has 0 N–H and O–H groups in total. The molecule has 0 saturated carbocycles. The van der Waals surface area contributed by atoms with E-state index in [2.05, 4.69) is 94.8 Å². The summed E-state index contributed by atoms with van der Waals surface area (Å²) in [5.74, 6) is 0. The van der Waals surface area contributed by atoms with Crippen LogP contribution < -0.4 is 0 Å². The van der Waals surface area contributed by atoms with E-state index in [0.29, 0.717) is 0 Å². The largest absolute Gasteiger partial charge is 0.0622 e. The molecule has 0 aliphatic rings. The highest BCUT2D eigenvalue weighted by Crippen LogP contribution is 2.37. The van der Waals surface area contributed by atoms with Crippen LogP contribution in [0.25, 0.3) is 32.7 Å². The van der Waals surface area contributed by atoms with Gasteiger partial charge in [0.15, 0.2) is 0 Å². The van der Waals surface area contributed by atoms with Gasteiger partial charge in [-0.3, -0.25) is 0 Å². The summed E-state index contributed by atoms with van der Waals surface area (Å²) in [5, 5.41) is 5.12. The van der Waals surface area contributed by atoms with E-state index in [1.54, 1.807) is 0 Å². The number of hydrogen-bond donors (Lipinski definition) is 0. The predicted molar refractivity (Wildman–Crippen MR) is 94.6 cm³/mol. The molecule has 0 aliphatic heterocycles. The van der Waals surface area contributed by atoms with Gasteiger partial charge in [0.05, 0.1) is 0 Å². The third-order valence-corrected chi connectivity index (χ3v) is 4.56. The van der Waals surface area contributed by atoms with Crippen molar-refractivity contribution in [2.45, 2.75) is 0 Å². The van der Waals surface area contributed by atoms with Crippen molar-refractivity contribution in [1.82, 2.24) is 0 Å². The lowest BCUT2D eigenvalue weighted by Crippen LogP contribution is -1.84. The van der Waals surface area contributed by atoms with Crippen molar-refractivity contribution in [2.24, 2.45) is 0 Å². The molecule has 21 heavy (non-hydrogen) atoms. The fourth-order valence-corrected chi connectivity index (χ4v) is 3.46. The van der Waals surface area contributed by atoms with Gasteiger partial charge in [0.1, 0.15) is 0 Å². The Bertz CT molecular complexity index is 940. The summed E-state index contributed by atoms with van der Waals surface area (Å²) >= 11 is 3.72. The van der Waals surface area contributed by atoms with Gasteiger partial charge in [0.25, 0.3) is 0 Å². The van der Waals surface area contributed by atoms with Crippen molar-refractivity contribution >= 4 is 37.5 Å². The summed E-state index contributed by atoms with van der Waals surface area (Å²) < 4.78 is 1.14. The minimum absolute atomic E-state index is 1.14. The number of fused-ring (bicyclic) bond motifs is 2. The molecule has 0 aliphatic carbocycles. The number of rotatable bonds is 1. The van der Waals surface area contributed by atoms with Crippen molar-refractivity contribution in [1.29, 1.82) is 0 Å². The Labute approximate surface area is 132 Å². The second kappa shape index (κ2) is 5.01. The topological polar surface area (TPSA) is 0 Å². The standard InChI is InChI=1S/C20H13Br/c21-19-11-10-17-12-15-8-4-5-9-16(15)13-18(17)20(19)14-6-2-1-3-7-14/h1-13H. The van der Waals surface area contributed by atoms with Gasteiger partial charge >= 0.3 is 0 Å². The Kier molecular flexibility index (Phi) is 3.01. The maximum atomic E-state index is 3.72. The van der Waals surface area contributed by atoms with Gasteiger partial charge in [0, 0.05) is 10.0 Å². The van der Waals surface area contributed by atoms with Crippen LogP contribution in [0.4, 0.5) is 0 Å². The molecule has 0 amide bonds. The van der Waals surface area contributed by atoms with Gasteiger partial charge in [-0.05, 0) is 45.3 Å². The highest BCUT2D eigenvalue weighted by atomic mass is 79.9. The molecule has 0 saturated heterocycles. The zero-order valence-corrected chi connectivity index (χ0v) is 13.0. The minimum Gasteiger partial charge on any atom is -0.0622 e. The van der Waals surface area contributed by atoms with Crippen LogP contribution in [-0.2, 0) is 0 Å². The molecule has 4 aromatic rings. The molecule has 0 bridgehead atoms. The first kappa shape index (κ1) is 12.6. The Morgan fingerprint density at radius 3 is 2.00 bits per heavy atom. The van der Waals surface area contributed by atoms with Crippen LogP contribution in [0.1, 0.15) is 0 Å². The van der Waals surface area contributed by atoms with Gasteiger partial charge in [-0.25, -0.2) is 0 Å². The zero-order chi connectivity index (χ0) is 14.2. The molecule has 0 nitrogen and oxygen atoms in total. The second-order valence-electron chi connectivity index (χ2n) is 5.21. The molecular weight excluding hydrogens is 320 g/mol. The van der Waals surface area contributed by atoms with E-state index in [9.17, 15) is 0 Å². The van der Waals surface area contributed by atoms with E-state index in [1.165, 1.54) is 32.7 Å². The van der Waals surface area contributed by atoms with E-state index in [1.807, 2.05) is 0 Å². The predicted octanol–water partition coefficient (Wildman–Crippen LogP) is 6.42. The first-order valence-electron chi connectivity index (χ1n) is 6.99. The highest BCUT2D eigenvalue weighted by Gasteiger charge is 2.09. The van der Waals surface area contributed by atoms with Gasteiger partial charge in [-0.2, -0.15) is 0 Å².